The van der Waals surface area contributed by atoms with Crippen molar-refractivity contribution in [3.8, 4) is 0 Å². The van der Waals surface area contributed by atoms with E-state index >= 15 is 0 Å². The quantitative estimate of drug-likeness (QED) is 0.141. The van der Waals surface area contributed by atoms with Crippen molar-refractivity contribution in [3.63, 3.8) is 0 Å². The summed E-state index contributed by atoms with van der Waals surface area (Å²) in [4.78, 5) is 75.3. The Bertz CT molecular complexity index is 1550. The standard InChI is InChI=1S/C41H64N6O7S/c1-10-27(6)36(45-38(51)32-18-14-15-19-46(32)8)40(52)47(23-35(49)42-26(4)5)33(25(2)3)22-34(48)39-44-31(24-55-39)37(50)43-30(20-28(7)41(53)54-9)21-29-16-12-11-13-17-29/h11-13,16-17,24-28,30,32-34,36,48H,10,14-15,18-23H2,1-9H3,(H,42,49)(H,43,50)(H,45,51)/t27-,28-,30+,32+,33+,34+,36-/m0/s1. The monoisotopic (exact) mass is 784 g/mol. The van der Waals surface area contributed by atoms with Crippen molar-refractivity contribution in [2.24, 2.45) is 17.8 Å². The van der Waals surface area contributed by atoms with Gasteiger partial charge in [0, 0.05) is 29.9 Å². The van der Waals surface area contributed by atoms with Crippen molar-refractivity contribution in [2.75, 3.05) is 27.2 Å². The SMILES string of the molecule is CC[C@H](C)[C@H](NC(=O)[C@H]1CCCCN1C)C(=O)N(CC(=O)NC(C)C)[C@H](C[C@@H](O)c1nc(C(=O)N[C@@H](Cc2ccccc2)C[C@H](C)C(=O)OC)cs1)C(C)C. The molecule has 55 heavy (non-hydrogen) atoms. The molecular formula is C41H64N6O7S. The van der Waals surface area contributed by atoms with Crippen LogP contribution < -0.4 is 16.0 Å². The number of benzene rings is 1. The first-order valence-corrected chi connectivity index (χ1v) is 20.6. The lowest BCUT2D eigenvalue weighted by Crippen LogP contribution is -2.60. The van der Waals surface area contributed by atoms with Gasteiger partial charge in [-0.3, -0.25) is 28.9 Å². The van der Waals surface area contributed by atoms with E-state index in [1.54, 1.807) is 12.3 Å². The van der Waals surface area contributed by atoms with Crippen LogP contribution in [0, 0.1) is 17.8 Å². The zero-order valence-electron chi connectivity index (χ0n) is 34.2. The summed E-state index contributed by atoms with van der Waals surface area (Å²) in [6, 6.07) is 7.28. The van der Waals surface area contributed by atoms with E-state index < -0.39 is 36.1 Å². The molecule has 1 fully saturated rings. The minimum Gasteiger partial charge on any atom is -0.469 e. The largest absolute Gasteiger partial charge is 0.469 e. The van der Waals surface area contributed by atoms with E-state index in [9.17, 15) is 29.1 Å². The summed E-state index contributed by atoms with van der Waals surface area (Å²) in [5.74, 6) is -2.59. The fourth-order valence-corrected chi connectivity index (χ4v) is 7.90. The molecule has 13 nitrogen and oxygen atoms in total. The lowest BCUT2D eigenvalue weighted by Gasteiger charge is -2.39. The Labute approximate surface area is 331 Å². The average molecular weight is 785 g/mol. The molecular weight excluding hydrogens is 721 g/mol. The number of thiazole rings is 1. The van der Waals surface area contributed by atoms with Gasteiger partial charge in [0.2, 0.25) is 17.7 Å². The van der Waals surface area contributed by atoms with E-state index in [2.05, 4.69) is 20.9 Å². The Kier molecular flexibility index (Phi) is 18.2. The molecule has 4 amide bonds. The molecule has 0 spiro atoms. The average Bonchev–Trinajstić information content (AvgIpc) is 3.65. The van der Waals surface area contributed by atoms with Gasteiger partial charge in [-0.25, -0.2) is 4.98 Å². The lowest BCUT2D eigenvalue weighted by molar-refractivity contribution is -0.145. The van der Waals surface area contributed by atoms with Crippen LogP contribution in [0.3, 0.4) is 0 Å². The highest BCUT2D eigenvalue weighted by Crippen LogP contribution is 2.29. The van der Waals surface area contributed by atoms with E-state index in [-0.39, 0.29) is 66.3 Å². The Morgan fingerprint density at radius 1 is 1.00 bits per heavy atom. The Morgan fingerprint density at radius 2 is 1.69 bits per heavy atom. The van der Waals surface area contributed by atoms with E-state index in [4.69, 9.17) is 4.74 Å². The number of carbonyl (C=O) groups excluding carboxylic acids is 5. The molecule has 0 bridgehead atoms. The van der Waals surface area contributed by atoms with E-state index in [1.165, 1.54) is 12.0 Å². The number of likely N-dealkylation sites (tertiary alicyclic amines) is 1. The molecule has 0 unspecified atom stereocenters. The molecule has 0 saturated carbocycles. The van der Waals surface area contributed by atoms with Gasteiger partial charge in [0.25, 0.3) is 5.91 Å². The van der Waals surface area contributed by atoms with Crippen LogP contribution in [0.25, 0.3) is 0 Å². The minimum absolute atomic E-state index is 0.0484. The molecule has 1 aromatic heterocycles. The van der Waals surface area contributed by atoms with Gasteiger partial charge in [-0.05, 0) is 70.5 Å². The van der Waals surface area contributed by atoms with E-state index in [0.717, 1.165) is 36.3 Å². The van der Waals surface area contributed by atoms with Gasteiger partial charge in [0.15, 0.2) is 0 Å². The number of aromatic nitrogens is 1. The minimum atomic E-state index is -1.16. The summed E-state index contributed by atoms with van der Waals surface area (Å²) in [5, 5.41) is 22.5. The molecule has 4 N–H and O–H groups in total. The maximum atomic E-state index is 14.6. The number of likely N-dealkylation sites (N-methyl/N-ethyl adjacent to an activating group) is 1. The molecule has 7 atom stereocenters. The Balaban J connectivity index is 1.86. The molecule has 1 aromatic carbocycles. The van der Waals surface area contributed by atoms with Gasteiger partial charge in [-0.15, -0.1) is 11.3 Å². The summed E-state index contributed by atoms with van der Waals surface area (Å²) in [6.45, 7) is 13.7. The molecule has 2 aromatic rings. The van der Waals surface area contributed by atoms with Gasteiger partial charge in [-0.1, -0.05) is 77.8 Å². The van der Waals surface area contributed by atoms with Crippen molar-refractivity contribution in [2.45, 2.75) is 130 Å². The third-order valence-electron chi connectivity index (χ3n) is 10.5. The van der Waals surface area contributed by atoms with Crippen LogP contribution in [0.5, 0.6) is 0 Å². The van der Waals surface area contributed by atoms with Gasteiger partial charge in [0.1, 0.15) is 22.8 Å². The predicted octanol–water partition coefficient (Wildman–Crippen LogP) is 4.50. The van der Waals surface area contributed by atoms with Crippen molar-refractivity contribution in [1.29, 1.82) is 0 Å². The van der Waals surface area contributed by atoms with Gasteiger partial charge >= 0.3 is 5.97 Å². The van der Waals surface area contributed by atoms with Crippen LogP contribution in [-0.2, 0) is 30.3 Å². The first-order valence-electron chi connectivity index (χ1n) is 19.7. The highest BCUT2D eigenvalue weighted by Gasteiger charge is 2.39. The number of nitrogens with one attached hydrogen (secondary N) is 3. The number of aliphatic hydroxyl groups is 1. The normalized spacial score (nSPS) is 18.1. The van der Waals surface area contributed by atoms with Crippen molar-refractivity contribution < 1.29 is 33.8 Å². The van der Waals surface area contributed by atoms with E-state index in [1.807, 2.05) is 83.8 Å². The second-order valence-corrected chi connectivity index (χ2v) is 16.6. The maximum Gasteiger partial charge on any atom is 0.308 e. The fraction of sp³-hybridized carbons (Fsp3) is 0.659. The number of amides is 4. The van der Waals surface area contributed by atoms with Crippen molar-refractivity contribution in [1.82, 2.24) is 30.7 Å². The molecule has 1 aliphatic rings. The molecule has 306 valence electrons. The summed E-state index contributed by atoms with van der Waals surface area (Å²) in [7, 11) is 3.26. The summed E-state index contributed by atoms with van der Waals surface area (Å²) in [5.41, 5.74) is 1.12. The third-order valence-corrected chi connectivity index (χ3v) is 11.4. The highest BCUT2D eigenvalue weighted by molar-refractivity contribution is 7.09. The van der Waals surface area contributed by atoms with Crippen molar-refractivity contribution >= 4 is 40.9 Å². The van der Waals surface area contributed by atoms with Crippen LogP contribution in [0.15, 0.2) is 35.7 Å². The number of methoxy groups -OCH3 is 1. The van der Waals surface area contributed by atoms with Crippen LogP contribution in [-0.4, -0.2) is 107 Å². The molecule has 14 heteroatoms. The molecule has 1 aliphatic heterocycles. The number of esters is 1. The number of nitrogens with zero attached hydrogens (tertiary/aromatic N) is 3. The highest BCUT2D eigenvalue weighted by atomic mass is 32.1. The molecule has 2 heterocycles. The first kappa shape index (κ1) is 45.5. The summed E-state index contributed by atoms with van der Waals surface area (Å²) < 4.78 is 4.92. The number of carbonyl (C=O) groups is 5. The smallest absolute Gasteiger partial charge is 0.308 e. The topological polar surface area (TPSA) is 170 Å². The number of aliphatic hydroxyl groups excluding tert-OH is 1. The van der Waals surface area contributed by atoms with Crippen LogP contribution in [0.4, 0.5) is 0 Å². The summed E-state index contributed by atoms with van der Waals surface area (Å²) in [6.07, 6.45) is 3.01. The van der Waals surface area contributed by atoms with E-state index in [0.29, 0.717) is 30.7 Å². The first-order chi connectivity index (χ1) is 26.1. The maximum absolute atomic E-state index is 14.6. The molecule has 3 rings (SSSR count). The molecule has 0 aliphatic carbocycles. The van der Waals surface area contributed by atoms with Crippen molar-refractivity contribution in [3.05, 3.63) is 52.0 Å². The number of piperidine rings is 1. The zero-order chi connectivity index (χ0) is 40.8. The second-order valence-electron chi connectivity index (χ2n) is 15.7. The number of hydrogen-bond acceptors (Lipinski definition) is 10. The predicted molar refractivity (Wildman–Crippen MR) is 214 cm³/mol. The molecule has 1 saturated heterocycles. The Morgan fingerprint density at radius 3 is 2.29 bits per heavy atom. The van der Waals surface area contributed by atoms with Crippen LogP contribution >= 0.6 is 11.3 Å². The number of ether oxygens (including phenoxy) is 1. The number of hydrogen-bond donors (Lipinski definition) is 4. The van der Waals surface area contributed by atoms with Crippen LogP contribution in [0.2, 0.25) is 0 Å². The lowest BCUT2D eigenvalue weighted by atomic mass is 9.92. The fourth-order valence-electron chi connectivity index (χ4n) is 7.11. The van der Waals surface area contributed by atoms with Gasteiger partial charge in [-0.2, -0.15) is 0 Å². The van der Waals surface area contributed by atoms with Crippen LogP contribution in [0.1, 0.15) is 114 Å². The second kappa shape index (κ2) is 22.0. The van der Waals surface area contributed by atoms with Gasteiger partial charge < -0.3 is 30.7 Å². The Hall–Kier alpha value is -3.88. The zero-order valence-corrected chi connectivity index (χ0v) is 35.0. The summed E-state index contributed by atoms with van der Waals surface area (Å²) >= 11 is 1.13. The van der Waals surface area contributed by atoms with Gasteiger partial charge in [0.05, 0.1) is 25.6 Å². The third kappa shape index (κ3) is 13.7. The number of rotatable bonds is 20. The molecule has 0 radical (unpaired) electrons.